The number of benzene rings is 2. The van der Waals surface area contributed by atoms with Gasteiger partial charge in [-0.2, -0.15) is 5.10 Å². The molecule has 0 amide bonds. The Hall–Kier alpha value is -3.14. The summed E-state index contributed by atoms with van der Waals surface area (Å²) in [6, 6.07) is 18.9. The molecule has 0 aliphatic carbocycles. The van der Waals surface area contributed by atoms with Crippen molar-refractivity contribution in [2.75, 3.05) is 0 Å². The molecule has 4 heteroatoms. The second kappa shape index (κ2) is 12.4. The zero-order valence-electron chi connectivity index (χ0n) is 21.5. The summed E-state index contributed by atoms with van der Waals surface area (Å²) in [5, 5.41) is 4.85. The van der Waals surface area contributed by atoms with E-state index in [4.69, 9.17) is 14.8 Å². The molecule has 0 atom stereocenters. The molecule has 0 spiro atoms. The summed E-state index contributed by atoms with van der Waals surface area (Å²) in [5.41, 5.74) is 7.23. The van der Waals surface area contributed by atoms with Crippen LogP contribution in [-0.2, 0) is 6.54 Å². The number of hydrogen-bond acceptors (Lipinski definition) is 3. The van der Waals surface area contributed by atoms with Gasteiger partial charge in [0.1, 0.15) is 11.4 Å². The Bertz CT molecular complexity index is 1090. The molecule has 0 fully saturated rings. The van der Waals surface area contributed by atoms with Crippen LogP contribution in [0.25, 0.3) is 5.70 Å². The first kappa shape index (κ1) is 25.5. The van der Waals surface area contributed by atoms with E-state index in [-0.39, 0.29) is 6.10 Å². The first-order valence-electron chi connectivity index (χ1n) is 12.6. The molecule has 0 radical (unpaired) electrons. The van der Waals surface area contributed by atoms with Crippen molar-refractivity contribution >= 4 is 11.4 Å². The van der Waals surface area contributed by atoms with Gasteiger partial charge in [-0.15, -0.1) is 0 Å². The highest BCUT2D eigenvalue weighted by atomic mass is 16.5. The Balaban J connectivity index is 1.72. The second-order valence-corrected chi connectivity index (χ2v) is 9.01. The maximum absolute atomic E-state index is 6.19. The van der Waals surface area contributed by atoms with Gasteiger partial charge in [-0.3, -0.25) is 9.67 Å². The van der Waals surface area contributed by atoms with E-state index in [9.17, 15) is 0 Å². The molecule has 0 saturated carbocycles. The van der Waals surface area contributed by atoms with Gasteiger partial charge < -0.3 is 4.74 Å². The molecule has 0 bridgehead atoms. The molecule has 0 N–H and O–H groups in total. The quantitative estimate of drug-likeness (QED) is 0.261. The van der Waals surface area contributed by atoms with Crippen molar-refractivity contribution in [1.82, 2.24) is 9.78 Å². The highest BCUT2D eigenvalue weighted by Gasteiger charge is 2.12. The van der Waals surface area contributed by atoms with Gasteiger partial charge in [0, 0.05) is 5.69 Å². The van der Waals surface area contributed by atoms with Gasteiger partial charge in [0.2, 0.25) is 0 Å². The summed E-state index contributed by atoms with van der Waals surface area (Å²) in [6.07, 6.45) is 5.51. The molecule has 0 aliphatic heterocycles. The molecule has 0 saturated heterocycles. The Morgan fingerprint density at radius 3 is 2.21 bits per heavy atom. The van der Waals surface area contributed by atoms with Crippen LogP contribution < -0.4 is 4.74 Å². The number of aryl methyl sites for hydroxylation is 2. The minimum Gasteiger partial charge on any atom is -0.490 e. The van der Waals surface area contributed by atoms with E-state index in [0.29, 0.717) is 0 Å². The van der Waals surface area contributed by atoms with Crippen molar-refractivity contribution in [3.8, 4) is 5.75 Å². The lowest BCUT2D eigenvalue weighted by Gasteiger charge is -2.18. The van der Waals surface area contributed by atoms with Gasteiger partial charge in [-0.25, -0.2) is 0 Å². The fraction of sp³-hybridized carbons (Fsp3) is 0.400. The van der Waals surface area contributed by atoms with E-state index >= 15 is 0 Å². The molecule has 34 heavy (non-hydrogen) atoms. The predicted molar refractivity (Wildman–Crippen MR) is 144 cm³/mol. The van der Waals surface area contributed by atoms with Crippen LogP contribution in [0.15, 0.2) is 66.2 Å². The van der Waals surface area contributed by atoms with Crippen LogP contribution >= 0.6 is 0 Å². The van der Waals surface area contributed by atoms with Crippen molar-refractivity contribution in [3.05, 3.63) is 89.3 Å². The molecule has 0 unspecified atom stereocenters. The summed E-state index contributed by atoms with van der Waals surface area (Å²) in [4.78, 5) is 4.86. The van der Waals surface area contributed by atoms with Crippen molar-refractivity contribution < 1.29 is 4.74 Å². The van der Waals surface area contributed by atoms with Crippen LogP contribution in [0.2, 0.25) is 0 Å². The smallest absolute Gasteiger partial charge is 0.119 e. The maximum atomic E-state index is 6.19. The van der Waals surface area contributed by atoms with Gasteiger partial charge in [0.05, 0.1) is 24.1 Å². The third-order valence-corrected chi connectivity index (χ3v) is 6.05. The lowest BCUT2D eigenvalue weighted by Crippen LogP contribution is -2.15. The summed E-state index contributed by atoms with van der Waals surface area (Å²) in [7, 11) is 0. The average Bonchev–Trinajstić information content (AvgIpc) is 3.19. The summed E-state index contributed by atoms with van der Waals surface area (Å²) < 4.78 is 8.24. The first-order chi connectivity index (χ1) is 16.4. The Labute approximate surface area is 205 Å². The number of ether oxygens (including phenoxy) is 1. The predicted octanol–water partition coefficient (Wildman–Crippen LogP) is 7.77. The largest absolute Gasteiger partial charge is 0.490 e. The second-order valence-electron chi connectivity index (χ2n) is 9.01. The Morgan fingerprint density at radius 1 is 0.971 bits per heavy atom. The van der Waals surface area contributed by atoms with E-state index < -0.39 is 0 Å². The van der Waals surface area contributed by atoms with Gasteiger partial charge in [-0.1, -0.05) is 70.0 Å². The van der Waals surface area contributed by atoms with Crippen molar-refractivity contribution in [2.45, 2.75) is 79.4 Å². The standard InChI is InChI=1S/C30H39N3O/c1-7-10-27(11-8-2)34-28-18-16-26(17-19-28)24(6)31-29(9-3)30-20-23(5)33(32-30)21-25-14-12-22(4)13-15-25/h12-20,27H,6-11,21H2,1-5H3. The highest BCUT2D eigenvalue weighted by Crippen LogP contribution is 2.23. The molecule has 1 aromatic heterocycles. The minimum atomic E-state index is 0.284. The van der Waals surface area contributed by atoms with Crippen LogP contribution in [-0.4, -0.2) is 21.6 Å². The van der Waals surface area contributed by atoms with E-state index in [1.54, 1.807) is 0 Å². The third kappa shape index (κ3) is 6.93. The first-order valence-corrected chi connectivity index (χ1v) is 12.6. The zero-order chi connectivity index (χ0) is 24.5. The van der Waals surface area contributed by atoms with Crippen molar-refractivity contribution in [2.24, 2.45) is 4.99 Å². The van der Waals surface area contributed by atoms with Crippen LogP contribution in [0.1, 0.15) is 81.0 Å². The molecule has 3 aromatic rings. The molecule has 180 valence electrons. The van der Waals surface area contributed by atoms with Crippen LogP contribution in [0, 0.1) is 13.8 Å². The van der Waals surface area contributed by atoms with Crippen molar-refractivity contribution in [1.29, 1.82) is 0 Å². The average molecular weight is 458 g/mol. The normalized spacial score (nSPS) is 11.8. The summed E-state index contributed by atoms with van der Waals surface area (Å²) in [6.45, 7) is 15.7. The van der Waals surface area contributed by atoms with Gasteiger partial charge in [-0.05, 0) is 74.6 Å². The summed E-state index contributed by atoms with van der Waals surface area (Å²) in [5.74, 6) is 0.911. The topological polar surface area (TPSA) is 39.4 Å². The lowest BCUT2D eigenvalue weighted by molar-refractivity contribution is 0.179. The number of aliphatic imine (C=N–C) groups is 1. The fourth-order valence-electron chi connectivity index (χ4n) is 4.05. The molecule has 0 aliphatic rings. The number of aromatic nitrogens is 2. The monoisotopic (exact) mass is 457 g/mol. The fourth-order valence-corrected chi connectivity index (χ4v) is 4.05. The van der Waals surface area contributed by atoms with Gasteiger partial charge in [0.25, 0.3) is 0 Å². The molecule has 3 rings (SSSR count). The molecule has 1 heterocycles. The third-order valence-electron chi connectivity index (χ3n) is 6.05. The number of nitrogens with zero attached hydrogens (tertiary/aromatic N) is 3. The van der Waals surface area contributed by atoms with Crippen molar-refractivity contribution in [3.63, 3.8) is 0 Å². The highest BCUT2D eigenvalue weighted by molar-refractivity contribution is 6.01. The molecule has 2 aromatic carbocycles. The Kier molecular flexibility index (Phi) is 9.26. The van der Waals surface area contributed by atoms with E-state index in [1.807, 2.05) is 28.9 Å². The van der Waals surface area contributed by atoms with E-state index in [2.05, 4.69) is 71.5 Å². The summed E-state index contributed by atoms with van der Waals surface area (Å²) >= 11 is 0. The maximum Gasteiger partial charge on any atom is 0.119 e. The van der Waals surface area contributed by atoms with Gasteiger partial charge in [0.15, 0.2) is 0 Å². The molecule has 4 nitrogen and oxygen atoms in total. The number of hydrogen-bond donors (Lipinski definition) is 0. The minimum absolute atomic E-state index is 0.284. The molecular formula is C30H39N3O. The zero-order valence-corrected chi connectivity index (χ0v) is 21.5. The van der Waals surface area contributed by atoms with E-state index in [1.165, 1.54) is 11.1 Å². The van der Waals surface area contributed by atoms with Crippen LogP contribution in [0.3, 0.4) is 0 Å². The van der Waals surface area contributed by atoms with E-state index in [0.717, 1.165) is 72.8 Å². The lowest BCUT2D eigenvalue weighted by atomic mass is 10.1. The van der Waals surface area contributed by atoms with Gasteiger partial charge >= 0.3 is 0 Å². The Morgan fingerprint density at radius 2 is 1.62 bits per heavy atom. The SMILES string of the molecule is C=C(N=C(CC)c1cc(C)n(Cc2ccc(C)cc2)n1)c1ccc(OC(CCC)CCC)cc1. The molecular weight excluding hydrogens is 418 g/mol. The number of rotatable bonds is 12. The van der Waals surface area contributed by atoms with Crippen LogP contribution in [0.5, 0.6) is 5.75 Å². The van der Waals surface area contributed by atoms with Crippen LogP contribution in [0.4, 0.5) is 0 Å².